The molecule has 0 saturated carbocycles. The molecule has 5 nitrogen and oxygen atoms in total. The van der Waals surface area contributed by atoms with Crippen LogP contribution in [-0.2, 0) is 4.74 Å². The van der Waals surface area contributed by atoms with Gasteiger partial charge in [0.25, 0.3) is 5.91 Å². The number of methoxy groups -OCH3 is 1. The predicted octanol–water partition coefficient (Wildman–Crippen LogP) is 1.91. The number of carbonyl (C=O) groups excluding carboxylic acids is 2. The van der Waals surface area contributed by atoms with Crippen molar-refractivity contribution in [2.24, 2.45) is 0 Å². The average molecular weight is 276 g/mol. The van der Waals surface area contributed by atoms with Gasteiger partial charge in [0.05, 0.1) is 7.11 Å². The fraction of sp³-hybridized carbons (Fsp3) is 0.467. The van der Waals surface area contributed by atoms with Crippen LogP contribution in [0.15, 0.2) is 24.3 Å². The third-order valence-corrected chi connectivity index (χ3v) is 3.51. The minimum Gasteiger partial charge on any atom is -0.453 e. The van der Waals surface area contributed by atoms with Crippen molar-refractivity contribution in [3.63, 3.8) is 0 Å². The van der Waals surface area contributed by atoms with Gasteiger partial charge in [-0.05, 0) is 25.5 Å². The molecule has 0 unspecified atom stereocenters. The number of hydrogen-bond donors (Lipinski definition) is 0. The van der Waals surface area contributed by atoms with Crippen LogP contribution in [0.25, 0.3) is 0 Å². The van der Waals surface area contributed by atoms with Crippen molar-refractivity contribution in [1.82, 2.24) is 9.80 Å². The number of ether oxygens (including phenoxy) is 1. The van der Waals surface area contributed by atoms with E-state index in [0.717, 1.165) is 12.0 Å². The second-order valence-electron chi connectivity index (χ2n) is 4.97. The van der Waals surface area contributed by atoms with Crippen LogP contribution in [0.3, 0.4) is 0 Å². The van der Waals surface area contributed by atoms with E-state index in [1.807, 2.05) is 31.2 Å². The molecule has 0 aliphatic carbocycles. The normalized spacial score (nSPS) is 15.7. The summed E-state index contributed by atoms with van der Waals surface area (Å²) in [5, 5.41) is 0. The lowest BCUT2D eigenvalue weighted by Gasteiger charge is -2.21. The van der Waals surface area contributed by atoms with E-state index in [-0.39, 0.29) is 12.0 Å². The molecular formula is C15H20N2O3. The van der Waals surface area contributed by atoms with Crippen molar-refractivity contribution in [3.05, 3.63) is 35.4 Å². The van der Waals surface area contributed by atoms with E-state index in [4.69, 9.17) is 4.74 Å². The Balaban J connectivity index is 2.01. The first-order valence-electron chi connectivity index (χ1n) is 6.80. The highest BCUT2D eigenvalue weighted by atomic mass is 16.5. The van der Waals surface area contributed by atoms with Crippen molar-refractivity contribution in [2.75, 3.05) is 33.3 Å². The van der Waals surface area contributed by atoms with Gasteiger partial charge in [0.2, 0.25) is 0 Å². The van der Waals surface area contributed by atoms with E-state index in [0.29, 0.717) is 31.7 Å². The van der Waals surface area contributed by atoms with Gasteiger partial charge in [0, 0.05) is 31.7 Å². The summed E-state index contributed by atoms with van der Waals surface area (Å²) in [5.41, 5.74) is 1.83. The molecular weight excluding hydrogens is 256 g/mol. The molecule has 1 fully saturated rings. The maximum atomic E-state index is 12.4. The summed E-state index contributed by atoms with van der Waals surface area (Å²) in [7, 11) is 1.38. The van der Waals surface area contributed by atoms with Gasteiger partial charge < -0.3 is 14.5 Å². The van der Waals surface area contributed by atoms with E-state index in [1.54, 1.807) is 9.80 Å². The zero-order valence-electron chi connectivity index (χ0n) is 12.0. The van der Waals surface area contributed by atoms with E-state index >= 15 is 0 Å². The first kappa shape index (κ1) is 14.4. The molecule has 1 saturated heterocycles. The van der Waals surface area contributed by atoms with Crippen molar-refractivity contribution in [3.8, 4) is 0 Å². The maximum absolute atomic E-state index is 12.4. The molecule has 1 aliphatic rings. The van der Waals surface area contributed by atoms with E-state index in [9.17, 15) is 9.59 Å². The lowest BCUT2D eigenvalue weighted by molar-refractivity contribution is 0.0757. The molecule has 1 aromatic carbocycles. The van der Waals surface area contributed by atoms with Gasteiger partial charge in [0.15, 0.2) is 0 Å². The average Bonchev–Trinajstić information content (AvgIpc) is 2.72. The van der Waals surface area contributed by atoms with Crippen molar-refractivity contribution in [1.29, 1.82) is 0 Å². The SMILES string of the molecule is COC(=O)N1CCCN(C(=O)c2ccc(C)cc2)CC1. The van der Waals surface area contributed by atoms with Gasteiger partial charge in [-0.3, -0.25) is 4.79 Å². The Morgan fingerprint density at radius 1 is 1.00 bits per heavy atom. The van der Waals surface area contributed by atoms with Crippen molar-refractivity contribution >= 4 is 12.0 Å². The topological polar surface area (TPSA) is 49.9 Å². The molecule has 2 rings (SSSR count). The van der Waals surface area contributed by atoms with Gasteiger partial charge in [-0.2, -0.15) is 0 Å². The molecule has 1 aromatic rings. The molecule has 0 aromatic heterocycles. The summed E-state index contributed by atoms with van der Waals surface area (Å²) in [6.45, 7) is 4.35. The second kappa shape index (κ2) is 6.41. The Morgan fingerprint density at radius 2 is 1.60 bits per heavy atom. The molecule has 108 valence electrons. The third-order valence-electron chi connectivity index (χ3n) is 3.51. The molecule has 0 spiro atoms. The largest absolute Gasteiger partial charge is 0.453 e. The molecule has 5 heteroatoms. The molecule has 1 aliphatic heterocycles. The lowest BCUT2D eigenvalue weighted by Crippen LogP contribution is -2.37. The monoisotopic (exact) mass is 276 g/mol. The molecule has 0 bridgehead atoms. The summed E-state index contributed by atoms with van der Waals surface area (Å²) >= 11 is 0. The van der Waals surface area contributed by atoms with Crippen LogP contribution in [0.1, 0.15) is 22.3 Å². The number of nitrogens with zero attached hydrogens (tertiary/aromatic N) is 2. The maximum Gasteiger partial charge on any atom is 0.409 e. The highest BCUT2D eigenvalue weighted by Gasteiger charge is 2.22. The zero-order valence-corrected chi connectivity index (χ0v) is 12.0. The van der Waals surface area contributed by atoms with Crippen molar-refractivity contribution in [2.45, 2.75) is 13.3 Å². The first-order chi connectivity index (χ1) is 9.61. The third kappa shape index (κ3) is 3.29. The van der Waals surface area contributed by atoms with Crippen LogP contribution in [-0.4, -0.2) is 55.1 Å². The molecule has 0 N–H and O–H groups in total. The number of aryl methyl sites for hydroxylation is 1. The summed E-state index contributed by atoms with van der Waals surface area (Å²) in [4.78, 5) is 27.3. The van der Waals surface area contributed by atoms with Crippen LogP contribution < -0.4 is 0 Å². The van der Waals surface area contributed by atoms with Crippen LogP contribution in [0.2, 0.25) is 0 Å². The summed E-state index contributed by atoms with van der Waals surface area (Å²) in [5.74, 6) is 0.0247. The van der Waals surface area contributed by atoms with E-state index < -0.39 is 0 Å². The summed E-state index contributed by atoms with van der Waals surface area (Å²) in [6, 6.07) is 7.57. The first-order valence-corrected chi connectivity index (χ1v) is 6.80. The number of carbonyl (C=O) groups is 2. The zero-order chi connectivity index (χ0) is 14.5. The van der Waals surface area contributed by atoms with Gasteiger partial charge >= 0.3 is 6.09 Å². The molecule has 1 heterocycles. The smallest absolute Gasteiger partial charge is 0.409 e. The van der Waals surface area contributed by atoms with Gasteiger partial charge in [-0.25, -0.2) is 4.79 Å². The Hall–Kier alpha value is -2.04. The Morgan fingerprint density at radius 3 is 2.25 bits per heavy atom. The van der Waals surface area contributed by atoms with Gasteiger partial charge in [0.1, 0.15) is 0 Å². The molecule has 0 radical (unpaired) electrons. The van der Waals surface area contributed by atoms with Gasteiger partial charge in [-0.15, -0.1) is 0 Å². The predicted molar refractivity (Wildman–Crippen MR) is 75.7 cm³/mol. The van der Waals surface area contributed by atoms with E-state index in [2.05, 4.69) is 0 Å². The molecule has 0 atom stereocenters. The summed E-state index contributed by atoms with van der Waals surface area (Å²) < 4.78 is 4.72. The van der Waals surface area contributed by atoms with Crippen LogP contribution in [0.5, 0.6) is 0 Å². The Labute approximate surface area is 119 Å². The highest BCUT2D eigenvalue weighted by Crippen LogP contribution is 2.11. The fourth-order valence-electron chi connectivity index (χ4n) is 2.31. The number of amides is 2. The minimum absolute atomic E-state index is 0.0247. The Bertz CT molecular complexity index is 484. The summed E-state index contributed by atoms with van der Waals surface area (Å²) in [6.07, 6.45) is 0.446. The number of hydrogen-bond acceptors (Lipinski definition) is 3. The van der Waals surface area contributed by atoms with Crippen molar-refractivity contribution < 1.29 is 14.3 Å². The van der Waals surface area contributed by atoms with Crippen LogP contribution in [0, 0.1) is 6.92 Å². The molecule has 2 amide bonds. The quantitative estimate of drug-likeness (QED) is 0.787. The lowest BCUT2D eigenvalue weighted by atomic mass is 10.1. The van der Waals surface area contributed by atoms with Gasteiger partial charge in [-0.1, -0.05) is 17.7 Å². The van der Waals surface area contributed by atoms with Crippen LogP contribution >= 0.6 is 0 Å². The highest BCUT2D eigenvalue weighted by molar-refractivity contribution is 5.94. The second-order valence-corrected chi connectivity index (χ2v) is 4.97. The Kier molecular flexibility index (Phi) is 4.61. The molecule has 20 heavy (non-hydrogen) atoms. The van der Waals surface area contributed by atoms with E-state index in [1.165, 1.54) is 7.11 Å². The number of benzene rings is 1. The number of rotatable bonds is 1. The fourth-order valence-corrected chi connectivity index (χ4v) is 2.31. The standard InChI is InChI=1S/C15H20N2O3/c1-12-4-6-13(7-5-12)14(18)16-8-3-9-17(11-10-16)15(19)20-2/h4-7H,3,8-11H2,1-2H3. The minimum atomic E-state index is -0.324. The van der Waals surface area contributed by atoms with Crippen LogP contribution in [0.4, 0.5) is 4.79 Å².